The zero-order valence-corrected chi connectivity index (χ0v) is 14.2. The van der Waals surface area contributed by atoms with Gasteiger partial charge in [-0.25, -0.2) is 0 Å². The first-order valence-corrected chi connectivity index (χ1v) is 8.75. The van der Waals surface area contributed by atoms with E-state index in [0.717, 1.165) is 19.6 Å². The molecular formula is C17H33N3O. The second kappa shape index (κ2) is 7.59. The van der Waals surface area contributed by atoms with Crippen molar-refractivity contribution in [2.45, 2.75) is 69.9 Å². The van der Waals surface area contributed by atoms with Crippen molar-refractivity contribution in [3.05, 3.63) is 0 Å². The number of hydrogen-bond donors (Lipinski definition) is 1. The molecule has 4 nitrogen and oxygen atoms in total. The van der Waals surface area contributed by atoms with E-state index >= 15 is 0 Å². The van der Waals surface area contributed by atoms with E-state index < -0.39 is 0 Å². The number of likely N-dealkylation sites (tertiary alicyclic amines) is 1. The largest absolute Gasteiger partial charge is 0.341 e. The van der Waals surface area contributed by atoms with Crippen LogP contribution >= 0.6 is 0 Å². The lowest BCUT2D eigenvalue weighted by molar-refractivity contribution is -0.133. The van der Waals surface area contributed by atoms with Gasteiger partial charge in [0.15, 0.2) is 0 Å². The topological polar surface area (TPSA) is 35.6 Å². The second-order valence-electron chi connectivity index (χ2n) is 7.17. The first kappa shape index (κ1) is 16.8. The fourth-order valence-electron chi connectivity index (χ4n) is 3.81. The van der Waals surface area contributed by atoms with Crippen molar-refractivity contribution in [3.8, 4) is 0 Å². The third kappa shape index (κ3) is 4.19. The number of amides is 1. The molecule has 0 aromatic heterocycles. The molecule has 122 valence electrons. The summed E-state index contributed by atoms with van der Waals surface area (Å²) in [7, 11) is 4.35. The minimum atomic E-state index is -0.0551. The molecule has 1 N–H and O–H groups in total. The Morgan fingerprint density at radius 2 is 1.67 bits per heavy atom. The Morgan fingerprint density at radius 3 is 2.19 bits per heavy atom. The van der Waals surface area contributed by atoms with Crippen molar-refractivity contribution >= 4 is 5.91 Å². The van der Waals surface area contributed by atoms with Gasteiger partial charge in [-0.2, -0.15) is 0 Å². The predicted molar refractivity (Wildman–Crippen MR) is 87.4 cm³/mol. The Hall–Kier alpha value is -0.610. The first-order valence-electron chi connectivity index (χ1n) is 8.75. The van der Waals surface area contributed by atoms with Crippen molar-refractivity contribution in [2.24, 2.45) is 0 Å². The highest BCUT2D eigenvalue weighted by atomic mass is 16.2. The monoisotopic (exact) mass is 295 g/mol. The summed E-state index contributed by atoms with van der Waals surface area (Å²) in [5.41, 5.74) is 0.257. The number of carbonyl (C=O) groups is 1. The van der Waals surface area contributed by atoms with Gasteiger partial charge in [-0.1, -0.05) is 25.7 Å². The zero-order valence-electron chi connectivity index (χ0n) is 14.2. The fraction of sp³-hybridized carbons (Fsp3) is 0.941. The van der Waals surface area contributed by atoms with Crippen LogP contribution in [0, 0.1) is 0 Å². The van der Waals surface area contributed by atoms with Gasteiger partial charge < -0.3 is 15.1 Å². The van der Waals surface area contributed by atoms with Crippen LogP contribution in [0.15, 0.2) is 0 Å². The van der Waals surface area contributed by atoms with Crippen LogP contribution in [0.25, 0.3) is 0 Å². The second-order valence-corrected chi connectivity index (χ2v) is 7.17. The number of rotatable bonds is 5. The molecule has 1 saturated carbocycles. The first-order chi connectivity index (χ1) is 10.1. The highest BCUT2D eigenvalue weighted by molar-refractivity contribution is 5.81. The number of carbonyl (C=O) groups excluding carboxylic acids is 1. The van der Waals surface area contributed by atoms with E-state index in [9.17, 15) is 4.79 Å². The molecule has 1 heterocycles. The van der Waals surface area contributed by atoms with E-state index in [0.29, 0.717) is 5.91 Å². The van der Waals surface area contributed by atoms with Crippen LogP contribution in [0.4, 0.5) is 0 Å². The summed E-state index contributed by atoms with van der Waals surface area (Å²) >= 11 is 0. The van der Waals surface area contributed by atoms with E-state index in [1.165, 1.54) is 51.4 Å². The molecular weight excluding hydrogens is 262 g/mol. The third-order valence-electron chi connectivity index (χ3n) is 5.51. The van der Waals surface area contributed by atoms with Crippen LogP contribution < -0.4 is 5.32 Å². The molecule has 1 aliphatic carbocycles. The maximum absolute atomic E-state index is 12.6. The number of nitrogens with zero attached hydrogens (tertiary/aromatic N) is 2. The van der Waals surface area contributed by atoms with Gasteiger partial charge in [0, 0.05) is 25.2 Å². The van der Waals surface area contributed by atoms with Gasteiger partial charge in [-0.15, -0.1) is 0 Å². The minimum absolute atomic E-state index is 0.0551. The van der Waals surface area contributed by atoms with Gasteiger partial charge in [0.2, 0.25) is 5.91 Å². The summed E-state index contributed by atoms with van der Waals surface area (Å²) < 4.78 is 0. The molecule has 0 aromatic carbocycles. The molecule has 1 atom stereocenters. The molecule has 0 radical (unpaired) electrons. The lowest BCUT2D eigenvalue weighted by atomic mass is 9.95. The van der Waals surface area contributed by atoms with E-state index in [1.807, 2.05) is 6.92 Å². The molecule has 0 spiro atoms. The quantitative estimate of drug-likeness (QED) is 0.845. The highest BCUT2D eigenvalue weighted by Gasteiger charge is 2.36. The van der Waals surface area contributed by atoms with Gasteiger partial charge in [-0.05, 0) is 46.7 Å². The van der Waals surface area contributed by atoms with E-state index in [2.05, 4.69) is 29.2 Å². The van der Waals surface area contributed by atoms with Crippen LogP contribution in [0.1, 0.15) is 58.3 Å². The average Bonchev–Trinajstić information content (AvgIpc) is 2.80. The molecule has 21 heavy (non-hydrogen) atoms. The molecule has 4 heteroatoms. The smallest absolute Gasteiger partial charge is 0.239 e. The van der Waals surface area contributed by atoms with E-state index in [4.69, 9.17) is 0 Å². The van der Waals surface area contributed by atoms with Gasteiger partial charge in [-0.3, -0.25) is 4.79 Å². The predicted octanol–water partition coefficient (Wildman–Crippen LogP) is 2.24. The van der Waals surface area contributed by atoms with Gasteiger partial charge in [0.05, 0.1) is 6.04 Å². The number of nitrogens with one attached hydrogen (secondary N) is 1. The molecule has 0 aromatic rings. The lowest BCUT2D eigenvalue weighted by Crippen LogP contribution is -2.54. The molecule has 2 fully saturated rings. The van der Waals surface area contributed by atoms with Crippen LogP contribution in [0.5, 0.6) is 0 Å². The summed E-state index contributed by atoms with van der Waals surface area (Å²) in [5, 5.41) is 3.53. The van der Waals surface area contributed by atoms with Crippen molar-refractivity contribution in [1.82, 2.24) is 15.1 Å². The van der Waals surface area contributed by atoms with Crippen LogP contribution in [-0.4, -0.2) is 61.0 Å². The van der Waals surface area contributed by atoms with Crippen LogP contribution in [-0.2, 0) is 4.79 Å². The van der Waals surface area contributed by atoms with Crippen molar-refractivity contribution in [2.75, 3.05) is 33.7 Å². The Morgan fingerprint density at radius 1 is 1.10 bits per heavy atom. The number of hydrogen-bond acceptors (Lipinski definition) is 3. The summed E-state index contributed by atoms with van der Waals surface area (Å²) in [6.07, 6.45) is 10.0. The Balaban J connectivity index is 1.85. The molecule has 0 bridgehead atoms. The van der Waals surface area contributed by atoms with Crippen LogP contribution in [0.3, 0.4) is 0 Å². The Bertz CT molecular complexity index is 329. The maximum Gasteiger partial charge on any atom is 0.239 e. The zero-order chi connectivity index (χ0) is 15.3. The SMILES string of the molecule is CC(NCC1(N(C)C)CCCC1)C(=O)N1CCCCCC1. The summed E-state index contributed by atoms with van der Waals surface area (Å²) in [4.78, 5) is 17.0. The standard InChI is InChI=1S/C17H33N3O/c1-15(16(21)20-12-8-4-5-9-13-20)18-14-17(19(2)3)10-6-7-11-17/h15,18H,4-14H2,1-3H3. The molecule has 1 unspecified atom stereocenters. The van der Waals surface area contributed by atoms with Crippen molar-refractivity contribution in [1.29, 1.82) is 0 Å². The fourth-order valence-corrected chi connectivity index (χ4v) is 3.81. The summed E-state index contributed by atoms with van der Waals surface area (Å²) in [5.74, 6) is 0.295. The summed E-state index contributed by atoms with van der Waals surface area (Å²) in [6, 6.07) is -0.0551. The maximum atomic E-state index is 12.6. The van der Waals surface area contributed by atoms with Crippen LogP contribution in [0.2, 0.25) is 0 Å². The van der Waals surface area contributed by atoms with Crippen molar-refractivity contribution in [3.63, 3.8) is 0 Å². The minimum Gasteiger partial charge on any atom is -0.341 e. The summed E-state index contributed by atoms with van der Waals surface area (Å²) in [6.45, 7) is 4.86. The lowest BCUT2D eigenvalue weighted by Gasteiger charge is -2.38. The Labute approximate surface area is 130 Å². The molecule has 2 aliphatic rings. The Kier molecular flexibility index (Phi) is 6.06. The number of likely N-dealkylation sites (N-methyl/N-ethyl adjacent to an activating group) is 1. The molecule has 1 amide bonds. The van der Waals surface area contributed by atoms with Gasteiger partial charge in [0.25, 0.3) is 0 Å². The van der Waals surface area contributed by atoms with Crippen molar-refractivity contribution < 1.29 is 4.79 Å². The van der Waals surface area contributed by atoms with Gasteiger partial charge in [0.1, 0.15) is 0 Å². The normalized spacial score (nSPS) is 24.1. The highest BCUT2D eigenvalue weighted by Crippen LogP contribution is 2.33. The molecule has 1 aliphatic heterocycles. The van der Waals surface area contributed by atoms with Gasteiger partial charge >= 0.3 is 0 Å². The third-order valence-corrected chi connectivity index (χ3v) is 5.51. The average molecular weight is 295 g/mol. The van der Waals surface area contributed by atoms with E-state index in [-0.39, 0.29) is 11.6 Å². The molecule has 2 rings (SSSR count). The van der Waals surface area contributed by atoms with E-state index in [1.54, 1.807) is 0 Å². The molecule has 1 saturated heterocycles.